The average Bonchev–Trinajstić information content (AvgIpc) is 2.03. The van der Waals surface area contributed by atoms with E-state index in [1.165, 1.54) is 6.20 Å². The number of aromatic nitrogens is 1. The van der Waals surface area contributed by atoms with E-state index in [4.69, 9.17) is 10.8 Å². The van der Waals surface area contributed by atoms with E-state index in [-0.39, 0.29) is 5.56 Å². The van der Waals surface area contributed by atoms with Crippen molar-refractivity contribution in [2.75, 3.05) is 5.73 Å². The van der Waals surface area contributed by atoms with E-state index >= 15 is 0 Å². The average molecular weight is 166 g/mol. The molecule has 0 saturated heterocycles. The van der Waals surface area contributed by atoms with E-state index < -0.39 is 5.97 Å². The Hall–Kier alpha value is -1.58. The summed E-state index contributed by atoms with van der Waals surface area (Å²) < 4.78 is 0. The van der Waals surface area contributed by atoms with Crippen LogP contribution < -0.4 is 5.73 Å². The number of carboxylic acid groups (broad SMARTS) is 1. The summed E-state index contributed by atoms with van der Waals surface area (Å²) in [5, 5.41) is 8.71. The molecule has 3 N–H and O–H groups in total. The van der Waals surface area contributed by atoms with E-state index in [9.17, 15) is 4.79 Å². The van der Waals surface area contributed by atoms with Crippen LogP contribution in [0.4, 0.5) is 5.82 Å². The number of carbonyl (C=O) groups is 1. The Labute approximate surface area is 70.0 Å². The van der Waals surface area contributed by atoms with Crippen LogP contribution in [0.3, 0.4) is 0 Å². The molecule has 0 atom stereocenters. The number of anilines is 1. The third-order valence-corrected chi connectivity index (χ3v) is 1.62. The molecule has 0 aliphatic heterocycles. The number of aromatic carboxylic acids is 1. The molecule has 64 valence electrons. The van der Waals surface area contributed by atoms with E-state index in [0.29, 0.717) is 12.2 Å². The van der Waals surface area contributed by atoms with Crippen molar-refractivity contribution in [3.05, 3.63) is 23.4 Å². The molecule has 0 saturated carbocycles. The molecule has 0 aliphatic rings. The molecule has 1 aromatic heterocycles. The summed E-state index contributed by atoms with van der Waals surface area (Å²) in [6.45, 7) is 1.88. The number of pyridine rings is 1. The number of nitrogens with two attached hydrogens (primary N) is 1. The van der Waals surface area contributed by atoms with Crippen LogP contribution in [0.5, 0.6) is 0 Å². The molecule has 0 unspecified atom stereocenters. The predicted molar refractivity (Wildman–Crippen MR) is 45.0 cm³/mol. The maximum Gasteiger partial charge on any atom is 0.337 e. The Morgan fingerprint density at radius 1 is 1.75 bits per heavy atom. The molecule has 0 aliphatic carbocycles. The van der Waals surface area contributed by atoms with Gasteiger partial charge in [-0.1, -0.05) is 6.92 Å². The molecule has 12 heavy (non-hydrogen) atoms. The minimum atomic E-state index is -0.959. The van der Waals surface area contributed by atoms with Crippen LogP contribution >= 0.6 is 0 Å². The fourth-order valence-corrected chi connectivity index (χ4v) is 1.00. The minimum Gasteiger partial charge on any atom is -0.478 e. The summed E-state index contributed by atoms with van der Waals surface area (Å²) in [4.78, 5) is 14.3. The monoisotopic (exact) mass is 166 g/mol. The number of rotatable bonds is 2. The van der Waals surface area contributed by atoms with Gasteiger partial charge in [-0.15, -0.1) is 0 Å². The molecule has 4 nitrogen and oxygen atoms in total. The van der Waals surface area contributed by atoms with Gasteiger partial charge in [0.2, 0.25) is 0 Å². The summed E-state index contributed by atoms with van der Waals surface area (Å²) in [5.41, 5.74) is 6.35. The first kappa shape index (κ1) is 8.52. The van der Waals surface area contributed by atoms with Crippen molar-refractivity contribution < 1.29 is 9.90 Å². The van der Waals surface area contributed by atoms with Crippen LogP contribution in [0.15, 0.2) is 12.3 Å². The molecular weight excluding hydrogens is 156 g/mol. The SMILES string of the molecule is CCc1cc(N)ncc1C(=O)O. The van der Waals surface area contributed by atoms with Crippen molar-refractivity contribution in [3.8, 4) is 0 Å². The Morgan fingerprint density at radius 2 is 2.42 bits per heavy atom. The quantitative estimate of drug-likeness (QED) is 0.685. The lowest BCUT2D eigenvalue weighted by molar-refractivity contribution is 0.0695. The number of hydrogen-bond donors (Lipinski definition) is 2. The lowest BCUT2D eigenvalue weighted by Gasteiger charge is -2.02. The van der Waals surface area contributed by atoms with Crippen molar-refractivity contribution in [2.45, 2.75) is 13.3 Å². The molecule has 0 bridgehead atoms. The molecule has 1 rings (SSSR count). The molecule has 0 amide bonds. The van der Waals surface area contributed by atoms with Gasteiger partial charge in [-0.25, -0.2) is 9.78 Å². The van der Waals surface area contributed by atoms with Gasteiger partial charge in [0.25, 0.3) is 0 Å². The zero-order valence-corrected chi connectivity index (χ0v) is 6.74. The smallest absolute Gasteiger partial charge is 0.337 e. The summed E-state index contributed by atoms with van der Waals surface area (Å²) >= 11 is 0. The van der Waals surface area contributed by atoms with Crippen LogP contribution in [-0.2, 0) is 6.42 Å². The van der Waals surface area contributed by atoms with Gasteiger partial charge < -0.3 is 10.8 Å². The predicted octanol–water partition coefficient (Wildman–Crippen LogP) is 0.924. The van der Waals surface area contributed by atoms with E-state index in [1.807, 2.05) is 6.92 Å². The molecule has 0 aromatic carbocycles. The Morgan fingerprint density at radius 3 is 2.92 bits per heavy atom. The zero-order valence-electron chi connectivity index (χ0n) is 6.74. The fraction of sp³-hybridized carbons (Fsp3) is 0.250. The second-order valence-corrected chi connectivity index (χ2v) is 2.43. The van der Waals surface area contributed by atoms with Gasteiger partial charge >= 0.3 is 5.97 Å². The number of nitrogen functional groups attached to an aromatic ring is 1. The molecule has 1 heterocycles. The minimum absolute atomic E-state index is 0.228. The van der Waals surface area contributed by atoms with E-state index in [2.05, 4.69) is 4.98 Å². The van der Waals surface area contributed by atoms with Crippen molar-refractivity contribution in [1.82, 2.24) is 4.98 Å². The lowest BCUT2D eigenvalue weighted by atomic mass is 10.1. The van der Waals surface area contributed by atoms with Crippen LogP contribution in [0, 0.1) is 0 Å². The van der Waals surface area contributed by atoms with Crippen molar-refractivity contribution in [2.24, 2.45) is 0 Å². The first-order valence-corrected chi connectivity index (χ1v) is 3.62. The van der Waals surface area contributed by atoms with Gasteiger partial charge in [-0.3, -0.25) is 0 Å². The summed E-state index contributed by atoms with van der Waals surface area (Å²) in [7, 11) is 0. The van der Waals surface area contributed by atoms with Crippen molar-refractivity contribution >= 4 is 11.8 Å². The van der Waals surface area contributed by atoms with Gasteiger partial charge in [0.15, 0.2) is 0 Å². The van der Waals surface area contributed by atoms with Crippen molar-refractivity contribution in [1.29, 1.82) is 0 Å². The first-order valence-electron chi connectivity index (χ1n) is 3.62. The molecular formula is C8H10N2O2. The standard InChI is InChI=1S/C8H10N2O2/c1-2-5-3-7(9)10-4-6(5)8(11)12/h3-4H,2H2,1H3,(H2,9,10)(H,11,12). The van der Waals surface area contributed by atoms with Gasteiger partial charge in [0.1, 0.15) is 5.82 Å². The third-order valence-electron chi connectivity index (χ3n) is 1.62. The highest BCUT2D eigenvalue weighted by Crippen LogP contribution is 2.11. The van der Waals surface area contributed by atoms with E-state index in [0.717, 1.165) is 5.56 Å². The summed E-state index contributed by atoms with van der Waals surface area (Å²) in [6, 6.07) is 1.59. The number of carboxylic acids is 1. The highest BCUT2D eigenvalue weighted by atomic mass is 16.4. The molecule has 0 spiro atoms. The topological polar surface area (TPSA) is 76.2 Å². The van der Waals surface area contributed by atoms with Gasteiger partial charge in [0.05, 0.1) is 5.56 Å². The second-order valence-electron chi connectivity index (χ2n) is 2.43. The van der Waals surface area contributed by atoms with Crippen LogP contribution in [-0.4, -0.2) is 16.1 Å². The maximum absolute atomic E-state index is 10.6. The molecule has 0 fully saturated rings. The third kappa shape index (κ3) is 1.53. The summed E-state index contributed by atoms with van der Waals surface area (Å²) in [5.74, 6) is -0.601. The highest BCUT2D eigenvalue weighted by Gasteiger charge is 2.08. The van der Waals surface area contributed by atoms with E-state index in [1.54, 1.807) is 6.07 Å². The molecule has 0 radical (unpaired) electrons. The lowest BCUT2D eigenvalue weighted by Crippen LogP contribution is -2.04. The second kappa shape index (κ2) is 3.21. The Bertz CT molecular complexity index is 310. The molecule has 1 aromatic rings. The first-order chi connectivity index (χ1) is 5.65. The normalized spacial score (nSPS) is 9.75. The van der Waals surface area contributed by atoms with Crippen LogP contribution in [0.25, 0.3) is 0 Å². The zero-order chi connectivity index (χ0) is 9.14. The number of nitrogens with zero attached hydrogens (tertiary/aromatic N) is 1. The summed E-state index contributed by atoms with van der Waals surface area (Å²) in [6.07, 6.45) is 1.94. The number of hydrogen-bond acceptors (Lipinski definition) is 3. The van der Waals surface area contributed by atoms with Crippen molar-refractivity contribution in [3.63, 3.8) is 0 Å². The highest BCUT2D eigenvalue weighted by molar-refractivity contribution is 5.89. The Balaban J connectivity index is 3.20. The van der Waals surface area contributed by atoms with Gasteiger partial charge in [0, 0.05) is 6.20 Å². The largest absolute Gasteiger partial charge is 0.478 e. The Kier molecular flexibility index (Phi) is 2.28. The number of aryl methyl sites for hydroxylation is 1. The van der Waals surface area contributed by atoms with Gasteiger partial charge in [-0.2, -0.15) is 0 Å². The maximum atomic E-state index is 10.6. The van der Waals surface area contributed by atoms with Crippen LogP contribution in [0.2, 0.25) is 0 Å². The van der Waals surface area contributed by atoms with Gasteiger partial charge in [-0.05, 0) is 18.1 Å². The fourth-order valence-electron chi connectivity index (χ4n) is 1.00. The molecule has 4 heteroatoms. The van der Waals surface area contributed by atoms with Crippen LogP contribution in [0.1, 0.15) is 22.8 Å².